The molecule has 3 rings (SSSR count). The summed E-state index contributed by atoms with van der Waals surface area (Å²) >= 11 is 0. The fraction of sp³-hybridized carbons (Fsp3) is 1.00. The minimum Gasteiger partial charge on any atom is -0.392 e. The monoisotopic (exact) mass is 223 g/mol. The van der Waals surface area contributed by atoms with E-state index in [1.165, 1.54) is 64.5 Å². The summed E-state index contributed by atoms with van der Waals surface area (Å²) in [5.41, 5.74) is 0. The third kappa shape index (κ3) is 1.91. The number of hydrogen-bond donors (Lipinski definition) is 1. The quantitative estimate of drug-likeness (QED) is 0.738. The molecular formula is C14H25NO. The summed E-state index contributed by atoms with van der Waals surface area (Å²) in [6, 6.07) is 0.715. The predicted octanol–water partition coefficient (Wildman–Crippen LogP) is 2.41. The molecule has 4 atom stereocenters. The van der Waals surface area contributed by atoms with Crippen LogP contribution >= 0.6 is 0 Å². The second-order valence-corrected chi connectivity index (χ2v) is 6.09. The Morgan fingerprint density at radius 1 is 0.812 bits per heavy atom. The molecule has 0 aromatic heterocycles. The first-order valence-corrected chi connectivity index (χ1v) is 7.28. The van der Waals surface area contributed by atoms with E-state index in [1.807, 2.05) is 0 Å². The van der Waals surface area contributed by atoms with Crippen LogP contribution in [0.4, 0.5) is 0 Å². The lowest BCUT2D eigenvalue weighted by Gasteiger charge is -2.49. The van der Waals surface area contributed by atoms with Gasteiger partial charge >= 0.3 is 0 Å². The zero-order valence-electron chi connectivity index (χ0n) is 10.3. The number of nitrogens with zero attached hydrogens (tertiary/aromatic N) is 1. The van der Waals surface area contributed by atoms with Gasteiger partial charge in [-0.3, -0.25) is 0 Å². The normalized spacial score (nSPS) is 45.6. The van der Waals surface area contributed by atoms with Gasteiger partial charge in [0.15, 0.2) is 0 Å². The topological polar surface area (TPSA) is 23.5 Å². The lowest BCUT2D eigenvalue weighted by Crippen LogP contribution is -2.53. The molecule has 0 aromatic rings. The Morgan fingerprint density at radius 3 is 2.44 bits per heavy atom. The van der Waals surface area contributed by atoms with Crippen molar-refractivity contribution >= 4 is 0 Å². The van der Waals surface area contributed by atoms with Gasteiger partial charge < -0.3 is 10.0 Å². The molecule has 1 N–H and O–H groups in total. The Hall–Kier alpha value is -0.0800. The molecule has 1 saturated heterocycles. The van der Waals surface area contributed by atoms with E-state index < -0.39 is 0 Å². The highest BCUT2D eigenvalue weighted by Gasteiger charge is 2.42. The van der Waals surface area contributed by atoms with E-state index in [2.05, 4.69) is 4.90 Å². The van der Waals surface area contributed by atoms with Crippen LogP contribution in [0.5, 0.6) is 0 Å². The molecule has 1 aliphatic heterocycles. The molecule has 2 aliphatic carbocycles. The first-order chi connectivity index (χ1) is 7.86. The molecule has 92 valence electrons. The molecule has 2 heteroatoms. The minimum absolute atomic E-state index is 0.0226. The molecule has 0 unspecified atom stereocenters. The zero-order chi connectivity index (χ0) is 11.0. The van der Waals surface area contributed by atoms with Gasteiger partial charge in [-0.05, 0) is 57.5 Å². The molecule has 3 fully saturated rings. The third-order valence-electron chi connectivity index (χ3n) is 5.22. The van der Waals surface area contributed by atoms with Crippen LogP contribution in [0.2, 0.25) is 0 Å². The molecule has 1 heterocycles. The SMILES string of the molecule is O[C@@H]1[C@@H]2CCC[C@H]1[C@H](N1CCCCC1)CC2. The Balaban J connectivity index is 1.69. The maximum Gasteiger partial charge on any atom is 0.0611 e. The Kier molecular flexibility index (Phi) is 3.21. The summed E-state index contributed by atoms with van der Waals surface area (Å²) in [4.78, 5) is 2.69. The minimum atomic E-state index is 0.0226. The Morgan fingerprint density at radius 2 is 1.62 bits per heavy atom. The van der Waals surface area contributed by atoms with Crippen LogP contribution in [-0.2, 0) is 0 Å². The van der Waals surface area contributed by atoms with Crippen LogP contribution in [0, 0.1) is 11.8 Å². The van der Waals surface area contributed by atoms with Gasteiger partial charge in [0, 0.05) is 12.0 Å². The van der Waals surface area contributed by atoms with Gasteiger partial charge in [-0.1, -0.05) is 12.8 Å². The Bertz CT molecular complexity index is 237. The van der Waals surface area contributed by atoms with E-state index in [0.717, 1.165) is 0 Å². The highest BCUT2D eigenvalue weighted by atomic mass is 16.3. The fourth-order valence-corrected chi connectivity index (χ4v) is 4.34. The van der Waals surface area contributed by atoms with E-state index >= 15 is 0 Å². The van der Waals surface area contributed by atoms with E-state index in [0.29, 0.717) is 17.9 Å². The van der Waals surface area contributed by atoms with Crippen LogP contribution < -0.4 is 0 Å². The summed E-state index contributed by atoms with van der Waals surface area (Å²) in [6.45, 7) is 2.58. The van der Waals surface area contributed by atoms with Crippen molar-refractivity contribution in [1.82, 2.24) is 4.90 Å². The van der Waals surface area contributed by atoms with E-state index in [9.17, 15) is 5.11 Å². The average molecular weight is 223 g/mol. The standard InChI is InChI=1S/C14H25NO/c16-14-11-5-4-6-12(14)13(8-7-11)15-9-2-1-3-10-15/h11-14,16H,1-10H2/t11-,12+,13-,14-/m1/s1. The molecule has 2 bridgehead atoms. The Labute approximate surface area is 99.0 Å². The van der Waals surface area contributed by atoms with Crippen molar-refractivity contribution in [3.8, 4) is 0 Å². The molecule has 0 amide bonds. The van der Waals surface area contributed by atoms with Crippen molar-refractivity contribution in [3.05, 3.63) is 0 Å². The van der Waals surface area contributed by atoms with Crippen LogP contribution in [0.15, 0.2) is 0 Å². The molecule has 0 radical (unpaired) electrons. The molecule has 2 nitrogen and oxygen atoms in total. The molecule has 2 saturated carbocycles. The second-order valence-electron chi connectivity index (χ2n) is 6.09. The van der Waals surface area contributed by atoms with Gasteiger partial charge in [0.05, 0.1) is 6.10 Å². The number of aliphatic hydroxyl groups is 1. The summed E-state index contributed by atoms with van der Waals surface area (Å²) in [5.74, 6) is 1.24. The highest BCUT2D eigenvalue weighted by molar-refractivity contribution is 4.95. The molecular weight excluding hydrogens is 198 g/mol. The van der Waals surface area contributed by atoms with Crippen LogP contribution in [-0.4, -0.2) is 35.2 Å². The number of likely N-dealkylation sites (tertiary alicyclic amines) is 1. The lowest BCUT2D eigenvalue weighted by molar-refractivity contribution is -0.0659. The number of rotatable bonds is 1. The lowest BCUT2D eigenvalue weighted by atomic mass is 9.67. The summed E-state index contributed by atoms with van der Waals surface area (Å²) in [6.07, 6.45) is 10.7. The smallest absolute Gasteiger partial charge is 0.0611 e. The maximum absolute atomic E-state index is 10.4. The molecule has 0 spiro atoms. The van der Waals surface area contributed by atoms with Gasteiger partial charge in [-0.25, -0.2) is 0 Å². The summed E-state index contributed by atoms with van der Waals surface area (Å²) < 4.78 is 0. The summed E-state index contributed by atoms with van der Waals surface area (Å²) in [7, 11) is 0. The number of fused-ring (bicyclic) bond motifs is 2. The molecule has 0 aromatic carbocycles. The summed E-state index contributed by atoms with van der Waals surface area (Å²) in [5, 5.41) is 10.4. The van der Waals surface area contributed by atoms with E-state index in [4.69, 9.17) is 0 Å². The maximum atomic E-state index is 10.4. The zero-order valence-corrected chi connectivity index (χ0v) is 10.3. The van der Waals surface area contributed by atoms with E-state index in [1.54, 1.807) is 0 Å². The van der Waals surface area contributed by atoms with E-state index in [-0.39, 0.29) is 6.10 Å². The van der Waals surface area contributed by atoms with Crippen molar-refractivity contribution in [2.75, 3.05) is 13.1 Å². The average Bonchev–Trinajstić information content (AvgIpc) is 2.30. The van der Waals surface area contributed by atoms with Crippen molar-refractivity contribution < 1.29 is 5.11 Å². The highest BCUT2D eigenvalue weighted by Crippen LogP contribution is 2.42. The third-order valence-corrected chi connectivity index (χ3v) is 5.22. The van der Waals surface area contributed by atoms with Crippen LogP contribution in [0.25, 0.3) is 0 Å². The first-order valence-electron chi connectivity index (χ1n) is 7.28. The largest absolute Gasteiger partial charge is 0.392 e. The van der Waals surface area contributed by atoms with Gasteiger partial charge in [0.2, 0.25) is 0 Å². The van der Waals surface area contributed by atoms with Crippen LogP contribution in [0.3, 0.4) is 0 Å². The second kappa shape index (κ2) is 4.66. The number of aliphatic hydroxyl groups excluding tert-OH is 1. The predicted molar refractivity (Wildman–Crippen MR) is 65.3 cm³/mol. The number of hydrogen-bond acceptors (Lipinski definition) is 2. The van der Waals surface area contributed by atoms with Crippen molar-refractivity contribution in [3.63, 3.8) is 0 Å². The van der Waals surface area contributed by atoms with Gasteiger partial charge in [-0.15, -0.1) is 0 Å². The fourth-order valence-electron chi connectivity index (χ4n) is 4.34. The van der Waals surface area contributed by atoms with Crippen molar-refractivity contribution in [2.45, 2.75) is 63.5 Å². The van der Waals surface area contributed by atoms with Gasteiger partial charge in [-0.2, -0.15) is 0 Å². The first kappa shape index (κ1) is 11.0. The van der Waals surface area contributed by atoms with Gasteiger partial charge in [0.25, 0.3) is 0 Å². The van der Waals surface area contributed by atoms with Crippen molar-refractivity contribution in [1.29, 1.82) is 0 Å². The van der Waals surface area contributed by atoms with Crippen LogP contribution in [0.1, 0.15) is 51.4 Å². The molecule has 16 heavy (non-hydrogen) atoms. The molecule has 3 aliphatic rings. The number of piperidine rings is 1. The van der Waals surface area contributed by atoms with Gasteiger partial charge in [0.1, 0.15) is 0 Å². The van der Waals surface area contributed by atoms with Crippen molar-refractivity contribution in [2.24, 2.45) is 11.8 Å².